The Morgan fingerprint density at radius 3 is 2.19 bits per heavy atom. The lowest BCUT2D eigenvalue weighted by Gasteiger charge is -2.06. The van der Waals surface area contributed by atoms with Crippen LogP contribution in [0, 0.1) is 0 Å². The van der Waals surface area contributed by atoms with E-state index in [0.717, 1.165) is 25.1 Å². The predicted molar refractivity (Wildman–Crippen MR) is 112 cm³/mol. The molecule has 0 bridgehead atoms. The number of rotatable bonds is 19. The summed E-state index contributed by atoms with van der Waals surface area (Å²) in [7, 11) is 0. The average Bonchev–Trinajstić information content (AvgIpc) is 3.18. The van der Waals surface area contributed by atoms with Crippen molar-refractivity contribution in [1.29, 1.82) is 0 Å². The third-order valence-corrected chi connectivity index (χ3v) is 4.89. The van der Waals surface area contributed by atoms with Crippen molar-refractivity contribution in [2.24, 2.45) is 0 Å². The highest BCUT2D eigenvalue weighted by molar-refractivity contribution is 5.69. The lowest BCUT2D eigenvalue weighted by Crippen LogP contribution is -2.22. The molecule has 5 nitrogen and oxygen atoms in total. The Hall–Kier alpha value is -1.36. The van der Waals surface area contributed by atoms with Crippen LogP contribution < -0.4 is 5.32 Å². The van der Waals surface area contributed by atoms with Crippen molar-refractivity contribution < 1.29 is 9.53 Å². The standard InChI is InChI=1S/C22H41N3O2/c1-2-3-4-5-6-7-8-9-10-11-12-13-18-27-22(26)15-17-23-16-14-21-19-24-20-25-21/h19-20,23H,2-18H2,1H3,(H,24,25). The van der Waals surface area contributed by atoms with Crippen molar-refractivity contribution in [3.8, 4) is 0 Å². The van der Waals surface area contributed by atoms with Crippen LogP contribution in [0.25, 0.3) is 0 Å². The van der Waals surface area contributed by atoms with Crippen molar-refractivity contribution in [2.75, 3.05) is 19.7 Å². The first kappa shape index (κ1) is 23.7. The van der Waals surface area contributed by atoms with Gasteiger partial charge < -0.3 is 15.0 Å². The molecule has 156 valence electrons. The molecule has 0 aliphatic heterocycles. The molecule has 0 saturated carbocycles. The van der Waals surface area contributed by atoms with E-state index in [9.17, 15) is 4.79 Å². The van der Waals surface area contributed by atoms with Crippen LogP contribution >= 0.6 is 0 Å². The van der Waals surface area contributed by atoms with Gasteiger partial charge in [-0.2, -0.15) is 0 Å². The SMILES string of the molecule is CCCCCCCCCCCCCCOC(=O)CCNCCc1cnc[nH]1. The molecule has 0 amide bonds. The minimum Gasteiger partial charge on any atom is -0.466 e. The second kappa shape index (κ2) is 18.0. The second-order valence-electron chi connectivity index (χ2n) is 7.44. The van der Waals surface area contributed by atoms with Gasteiger partial charge in [-0.25, -0.2) is 4.98 Å². The van der Waals surface area contributed by atoms with Gasteiger partial charge in [0, 0.05) is 31.4 Å². The number of aromatic nitrogens is 2. The molecule has 0 unspecified atom stereocenters. The van der Waals surface area contributed by atoms with Crippen LogP contribution in [0.3, 0.4) is 0 Å². The van der Waals surface area contributed by atoms with Crippen LogP contribution in [-0.4, -0.2) is 35.6 Å². The highest BCUT2D eigenvalue weighted by atomic mass is 16.5. The largest absolute Gasteiger partial charge is 0.466 e. The van der Waals surface area contributed by atoms with Gasteiger partial charge in [-0.15, -0.1) is 0 Å². The Morgan fingerprint density at radius 2 is 1.59 bits per heavy atom. The van der Waals surface area contributed by atoms with Gasteiger partial charge in [0.25, 0.3) is 0 Å². The summed E-state index contributed by atoms with van der Waals surface area (Å²) in [5.41, 5.74) is 1.11. The number of ether oxygens (including phenoxy) is 1. The molecular weight excluding hydrogens is 338 g/mol. The van der Waals surface area contributed by atoms with E-state index >= 15 is 0 Å². The fourth-order valence-electron chi connectivity index (χ4n) is 3.16. The van der Waals surface area contributed by atoms with Crippen molar-refractivity contribution in [3.63, 3.8) is 0 Å². The van der Waals surface area contributed by atoms with E-state index in [4.69, 9.17) is 4.74 Å². The van der Waals surface area contributed by atoms with Crippen molar-refractivity contribution in [2.45, 2.75) is 96.8 Å². The predicted octanol–water partition coefficient (Wildman–Crippen LogP) is 5.18. The molecule has 1 rings (SSSR count). The smallest absolute Gasteiger partial charge is 0.307 e. The van der Waals surface area contributed by atoms with Gasteiger partial charge >= 0.3 is 5.97 Å². The summed E-state index contributed by atoms with van der Waals surface area (Å²) in [4.78, 5) is 18.7. The first-order valence-corrected chi connectivity index (χ1v) is 11.2. The van der Waals surface area contributed by atoms with E-state index in [-0.39, 0.29) is 5.97 Å². The van der Waals surface area contributed by atoms with Gasteiger partial charge in [-0.3, -0.25) is 4.79 Å². The van der Waals surface area contributed by atoms with Gasteiger partial charge in [0.1, 0.15) is 0 Å². The number of nitrogens with zero attached hydrogens (tertiary/aromatic N) is 1. The number of esters is 1. The first-order chi connectivity index (χ1) is 13.3. The molecular formula is C22H41N3O2. The molecule has 0 fully saturated rings. The van der Waals surface area contributed by atoms with Crippen molar-refractivity contribution in [3.05, 3.63) is 18.2 Å². The van der Waals surface area contributed by atoms with Crippen LogP contribution in [0.1, 0.15) is 96.1 Å². The summed E-state index contributed by atoms with van der Waals surface area (Å²) in [6, 6.07) is 0. The summed E-state index contributed by atoms with van der Waals surface area (Å²) in [6.45, 7) is 4.35. The maximum atomic E-state index is 11.7. The second-order valence-corrected chi connectivity index (χ2v) is 7.44. The average molecular weight is 380 g/mol. The fraction of sp³-hybridized carbons (Fsp3) is 0.818. The molecule has 0 saturated heterocycles. The van der Waals surface area contributed by atoms with E-state index in [0.29, 0.717) is 19.6 Å². The van der Waals surface area contributed by atoms with Gasteiger partial charge in [0.05, 0.1) is 19.4 Å². The molecule has 27 heavy (non-hydrogen) atoms. The number of nitrogens with one attached hydrogen (secondary N) is 2. The number of hydrogen-bond donors (Lipinski definition) is 2. The number of carbonyl (C=O) groups is 1. The van der Waals surface area contributed by atoms with Crippen molar-refractivity contribution >= 4 is 5.97 Å². The molecule has 5 heteroatoms. The van der Waals surface area contributed by atoms with E-state index < -0.39 is 0 Å². The zero-order valence-corrected chi connectivity index (χ0v) is 17.4. The normalized spacial score (nSPS) is 11.0. The van der Waals surface area contributed by atoms with Crippen molar-refractivity contribution in [1.82, 2.24) is 15.3 Å². The van der Waals surface area contributed by atoms with E-state index in [1.165, 1.54) is 70.6 Å². The third-order valence-electron chi connectivity index (χ3n) is 4.89. The minimum absolute atomic E-state index is 0.0906. The molecule has 1 heterocycles. The minimum atomic E-state index is -0.0906. The molecule has 0 radical (unpaired) electrons. The summed E-state index contributed by atoms with van der Waals surface area (Å²) in [5, 5.41) is 3.26. The number of hydrogen-bond acceptors (Lipinski definition) is 4. The Morgan fingerprint density at radius 1 is 0.963 bits per heavy atom. The third kappa shape index (κ3) is 15.4. The number of H-pyrrole nitrogens is 1. The zero-order chi connectivity index (χ0) is 19.4. The van der Waals surface area contributed by atoms with Gasteiger partial charge in [-0.05, 0) is 6.42 Å². The molecule has 0 atom stereocenters. The Bertz CT molecular complexity index is 435. The number of unbranched alkanes of at least 4 members (excludes halogenated alkanes) is 11. The summed E-state index contributed by atoms with van der Waals surface area (Å²) in [6.07, 6.45) is 20.7. The van der Waals surface area contributed by atoms with Crippen LogP contribution in [-0.2, 0) is 16.0 Å². The highest BCUT2D eigenvalue weighted by Crippen LogP contribution is 2.11. The number of imidazole rings is 1. The number of aromatic amines is 1. The van der Waals surface area contributed by atoms with Crippen LogP contribution in [0.4, 0.5) is 0 Å². The van der Waals surface area contributed by atoms with Gasteiger partial charge in [0.15, 0.2) is 0 Å². The lowest BCUT2D eigenvalue weighted by molar-refractivity contribution is -0.143. The highest BCUT2D eigenvalue weighted by Gasteiger charge is 2.02. The summed E-state index contributed by atoms with van der Waals surface area (Å²) in [5.74, 6) is -0.0906. The van der Waals surface area contributed by atoms with Gasteiger partial charge in [-0.1, -0.05) is 77.6 Å². The Balaban J connectivity index is 1.74. The molecule has 1 aromatic rings. The van der Waals surface area contributed by atoms with Crippen LogP contribution in [0.15, 0.2) is 12.5 Å². The van der Waals surface area contributed by atoms with E-state index in [1.807, 2.05) is 6.20 Å². The molecule has 2 N–H and O–H groups in total. The maximum absolute atomic E-state index is 11.7. The monoisotopic (exact) mass is 379 g/mol. The maximum Gasteiger partial charge on any atom is 0.307 e. The molecule has 0 aliphatic rings. The lowest BCUT2D eigenvalue weighted by atomic mass is 10.1. The number of carbonyl (C=O) groups excluding carboxylic acids is 1. The molecule has 0 spiro atoms. The van der Waals surface area contributed by atoms with E-state index in [1.54, 1.807) is 6.33 Å². The zero-order valence-electron chi connectivity index (χ0n) is 17.4. The fourth-order valence-corrected chi connectivity index (χ4v) is 3.16. The molecule has 0 aliphatic carbocycles. The quantitative estimate of drug-likeness (QED) is 0.257. The Labute approximate surface area is 166 Å². The Kier molecular flexibility index (Phi) is 15.8. The van der Waals surface area contributed by atoms with Crippen LogP contribution in [0.2, 0.25) is 0 Å². The van der Waals surface area contributed by atoms with Crippen LogP contribution in [0.5, 0.6) is 0 Å². The first-order valence-electron chi connectivity index (χ1n) is 11.2. The molecule has 0 aromatic carbocycles. The summed E-state index contributed by atoms with van der Waals surface area (Å²) < 4.78 is 5.29. The van der Waals surface area contributed by atoms with E-state index in [2.05, 4.69) is 22.2 Å². The van der Waals surface area contributed by atoms with Gasteiger partial charge in [0.2, 0.25) is 0 Å². The topological polar surface area (TPSA) is 67.0 Å². The molecule has 1 aromatic heterocycles. The summed E-state index contributed by atoms with van der Waals surface area (Å²) >= 11 is 0.